The van der Waals surface area contributed by atoms with Gasteiger partial charge in [0.1, 0.15) is 5.60 Å². The number of aliphatic hydroxyl groups is 1. The van der Waals surface area contributed by atoms with E-state index in [-0.39, 0.29) is 0 Å². The quantitative estimate of drug-likeness (QED) is 0.627. The molecule has 9 heteroatoms. The molecule has 1 atom stereocenters. The van der Waals surface area contributed by atoms with Crippen LogP contribution in [0, 0.1) is 15.5 Å². The lowest BCUT2D eigenvalue weighted by Crippen LogP contribution is -2.43. The minimum atomic E-state index is -1.50. The van der Waals surface area contributed by atoms with Crippen LogP contribution in [0.4, 0.5) is 0 Å². The molecule has 1 aromatic carbocycles. The fourth-order valence-corrected chi connectivity index (χ4v) is 2.76. The van der Waals surface area contributed by atoms with Gasteiger partial charge in [0, 0.05) is 28.0 Å². The van der Waals surface area contributed by atoms with E-state index in [9.17, 15) is 5.11 Å². The molecule has 132 valence electrons. The molecule has 2 rings (SSSR count). The third-order valence-electron chi connectivity index (χ3n) is 3.59. The summed E-state index contributed by atoms with van der Waals surface area (Å²) in [6.45, 7) is 6.32. The first kappa shape index (κ1) is 20.2. The Morgan fingerprint density at radius 3 is 2.33 bits per heavy atom. The molecule has 2 N–H and O–H groups in total. The molecule has 0 fully saturated rings. The number of hydrogen-bond donors (Lipinski definition) is 2. The number of rotatable bonds is 3. The molecule has 1 aromatic heterocycles. The van der Waals surface area contributed by atoms with Crippen molar-refractivity contribution in [1.82, 2.24) is 9.55 Å². The number of imidazole rings is 1. The first-order valence-electron chi connectivity index (χ1n) is 6.94. The molecular formula is C15H19Cl2N3O4. The van der Waals surface area contributed by atoms with E-state index in [2.05, 4.69) is 4.98 Å². The van der Waals surface area contributed by atoms with Crippen molar-refractivity contribution in [2.24, 2.45) is 5.41 Å². The third-order valence-corrected chi connectivity index (χ3v) is 4.14. The summed E-state index contributed by atoms with van der Waals surface area (Å²) in [6.07, 6.45) is 5.19. The lowest BCUT2D eigenvalue weighted by Gasteiger charge is -2.41. The van der Waals surface area contributed by atoms with E-state index in [4.69, 9.17) is 38.5 Å². The molecule has 0 spiro atoms. The van der Waals surface area contributed by atoms with E-state index in [1.165, 1.54) is 0 Å². The second-order valence-electron chi connectivity index (χ2n) is 6.21. The maximum absolute atomic E-state index is 11.3. The molecule has 0 bridgehead atoms. The highest BCUT2D eigenvalue weighted by atomic mass is 35.5. The van der Waals surface area contributed by atoms with Gasteiger partial charge in [0.05, 0.1) is 12.9 Å². The van der Waals surface area contributed by atoms with Gasteiger partial charge in [-0.1, -0.05) is 50.0 Å². The van der Waals surface area contributed by atoms with Gasteiger partial charge in [-0.15, -0.1) is 10.1 Å². The Hall–Kier alpha value is -1.83. The Balaban J connectivity index is 0.000000648. The van der Waals surface area contributed by atoms with Gasteiger partial charge in [0.15, 0.2) is 0 Å². The van der Waals surface area contributed by atoms with Gasteiger partial charge >= 0.3 is 0 Å². The van der Waals surface area contributed by atoms with E-state index < -0.39 is 16.1 Å². The van der Waals surface area contributed by atoms with Crippen molar-refractivity contribution in [3.8, 4) is 0 Å². The zero-order chi connectivity index (χ0) is 18.5. The Kier molecular flexibility index (Phi) is 6.59. The lowest BCUT2D eigenvalue weighted by molar-refractivity contribution is -0.742. The Morgan fingerprint density at radius 2 is 1.92 bits per heavy atom. The lowest BCUT2D eigenvalue weighted by atomic mass is 9.72. The number of benzene rings is 1. The summed E-state index contributed by atoms with van der Waals surface area (Å²) in [6, 6.07) is 5.18. The predicted molar refractivity (Wildman–Crippen MR) is 90.8 cm³/mol. The molecule has 2 aromatic rings. The van der Waals surface area contributed by atoms with Crippen LogP contribution in [0.3, 0.4) is 0 Å². The number of hydrogen-bond acceptors (Lipinski definition) is 4. The zero-order valence-corrected chi connectivity index (χ0v) is 15.0. The van der Waals surface area contributed by atoms with Gasteiger partial charge in [0.2, 0.25) is 0 Å². The molecule has 24 heavy (non-hydrogen) atoms. The van der Waals surface area contributed by atoms with Crippen molar-refractivity contribution in [3.63, 3.8) is 0 Å². The summed E-state index contributed by atoms with van der Waals surface area (Å²) in [5.74, 6) is 0. The molecule has 7 nitrogen and oxygen atoms in total. The van der Waals surface area contributed by atoms with Gasteiger partial charge in [0.25, 0.3) is 5.09 Å². The Morgan fingerprint density at radius 1 is 1.33 bits per heavy atom. The van der Waals surface area contributed by atoms with Gasteiger partial charge in [-0.05, 0) is 17.5 Å². The number of nitrogens with zero attached hydrogens (tertiary/aromatic N) is 3. The standard InChI is InChI=1S/C15H18Cl2N2O.HNO3/c1-14(2,3)15(20,9-19-7-6-18-10-19)12-5-4-11(16)8-13(12)17;2-1(3)4/h4-8,10,20H,9H2,1-3H3;(H,2,3,4). The maximum Gasteiger partial charge on any atom is 0.291 e. The molecule has 0 saturated carbocycles. The topological polar surface area (TPSA) is 101 Å². The Labute approximate surface area is 149 Å². The van der Waals surface area contributed by atoms with E-state index in [0.29, 0.717) is 22.2 Å². The van der Waals surface area contributed by atoms with E-state index >= 15 is 0 Å². The minimum absolute atomic E-state index is 0.373. The largest absolute Gasteiger partial charge is 0.383 e. The van der Waals surface area contributed by atoms with Crippen molar-refractivity contribution in [1.29, 1.82) is 0 Å². The van der Waals surface area contributed by atoms with Gasteiger partial charge in [-0.25, -0.2) is 4.98 Å². The van der Waals surface area contributed by atoms with Crippen molar-refractivity contribution in [3.05, 3.63) is 62.6 Å². The first-order chi connectivity index (χ1) is 11.0. The molecule has 0 aliphatic heterocycles. The van der Waals surface area contributed by atoms with Crippen molar-refractivity contribution < 1.29 is 15.4 Å². The van der Waals surface area contributed by atoms with Gasteiger partial charge < -0.3 is 14.9 Å². The number of halogens is 2. The first-order valence-corrected chi connectivity index (χ1v) is 7.70. The minimum Gasteiger partial charge on any atom is -0.383 e. The van der Waals surface area contributed by atoms with Crippen LogP contribution in [-0.4, -0.2) is 25.0 Å². The molecule has 0 radical (unpaired) electrons. The SMILES string of the molecule is CC(C)(C)C(O)(Cn1ccnc1)c1ccc(Cl)cc1Cl.O=[N+]([O-])O. The van der Waals surface area contributed by atoms with Crippen molar-refractivity contribution in [2.45, 2.75) is 32.9 Å². The van der Waals surface area contributed by atoms with Crippen LogP contribution < -0.4 is 0 Å². The van der Waals surface area contributed by atoms with Crippen LogP contribution >= 0.6 is 23.2 Å². The zero-order valence-electron chi connectivity index (χ0n) is 13.5. The molecule has 0 aliphatic carbocycles. The maximum atomic E-state index is 11.3. The smallest absolute Gasteiger partial charge is 0.291 e. The van der Waals surface area contributed by atoms with E-state index in [1.54, 1.807) is 30.7 Å². The Bertz CT molecular complexity index is 683. The summed E-state index contributed by atoms with van der Waals surface area (Å²) in [4.78, 5) is 12.4. The van der Waals surface area contributed by atoms with Gasteiger partial charge in [-0.2, -0.15) is 0 Å². The second-order valence-corrected chi connectivity index (χ2v) is 7.05. The van der Waals surface area contributed by atoms with Crippen LogP contribution in [0.25, 0.3) is 0 Å². The fourth-order valence-electron chi connectivity index (χ4n) is 2.20. The van der Waals surface area contributed by atoms with Crippen LogP contribution in [0.1, 0.15) is 26.3 Å². The van der Waals surface area contributed by atoms with E-state index in [1.807, 2.05) is 31.5 Å². The molecule has 0 amide bonds. The van der Waals surface area contributed by atoms with E-state index in [0.717, 1.165) is 0 Å². The monoisotopic (exact) mass is 375 g/mol. The molecule has 1 unspecified atom stereocenters. The van der Waals surface area contributed by atoms with Crippen LogP contribution in [0.5, 0.6) is 0 Å². The summed E-state index contributed by atoms with van der Waals surface area (Å²) < 4.78 is 1.84. The highest BCUT2D eigenvalue weighted by Gasteiger charge is 2.43. The molecule has 0 saturated heterocycles. The van der Waals surface area contributed by atoms with Crippen LogP contribution in [0.2, 0.25) is 10.0 Å². The highest BCUT2D eigenvalue weighted by molar-refractivity contribution is 6.35. The van der Waals surface area contributed by atoms with Crippen LogP contribution in [-0.2, 0) is 12.1 Å². The van der Waals surface area contributed by atoms with Crippen molar-refractivity contribution in [2.75, 3.05) is 0 Å². The summed E-state index contributed by atoms with van der Waals surface area (Å²) >= 11 is 12.2. The highest BCUT2D eigenvalue weighted by Crippen LogP contribution is 2.43. The molecule has 1 heterocycles. The van der Waals surface area contributed by atoms with Crippen LogP contribution in [0.15, 0.2) is 36.9 Å². The normalized spacial score (nSPS) is 13.6. The third kappa shape index (κ3) is 5.09. The molecular weight excluding hydrogens is 357 g/mol. The molecule has 0 aliphatic rings. The van der Waals surface area contributed by atoms with Crippen molar-refractivity contribution >= 4 is 23.2 Å². The second kappa shape index (κ2) is 7.83. The fraction of sp³-hybridized carbons (Fsp3) is 0.400. The summed E-state index contributed by atoms with van der Waals surface area (Å²) in [5.41, 5.74) is -0.867. The average Bonchev–Trinajstić information content (AvgIpc) is 2.89. The average molecular weight is 376 g/mol. The number of aromatic nitrogens is 2. The summed E-state index contributed by atoms with van der Waals surface area (Å²) in [5, 5.41) is 25.9. The predicted octanol–water partition coefficient (Wildman–Crippen LogP) is 3.78. The summed E-state index contributed by atoms with van der Waals surface area (Å²) in [7, 11) is 0. The van der Waals surface area contributed by atoms with Gasteiger partial charge in [-0.3, -0.25) is 0 Å².